The first-order valence-electron chi connectivity index (χ1n) is 5.38. The van der Waals surface area contributed by atoms with E-state index in [1.807, 2.05) is 35.8 Å². The van der Waals surface area contributed by atoms with Crippen LogP contribution in [0.3, 0.4) is 0 Å². The summed E-state index contributed by atoms with van der Waals surface area (Å²) in [5.41, 5.74) is 0.953. The minimum atomic E-state index is -4.15. The minimum absolute atomic E-state index is 0.148. The van der Waals surface area contributed by atoms with Gasteiger partial charge in [-0.2, -0.15) is 13.0 Å². The van der Waals surface area contributed by atoms with Gasteiger partial charge in [-0.1, -0.05) is 23.5 Å². The summed E-state index contributed by atoms with van der Waals surface area (Å²) in [4.78, 5) is 0. The first-order chi connectivity index (χ1) is 8.37. The molecule has 2 rings (SSSR count). The van der Waals surface area contributed by atoms with E-state index in [9.17, 15) is 13.5 Å². The number of aryl methyl sites for hydroxylation is 1. The van der Waals surface area contributed by atoms with Gasteiger partial charge in [0, 0.05) is 13.0 Å². The van der Waals surface area contributed by atoms with Crippen LogP contribution in [0.25, 0.3) is 10.2 Å². The first kappa shape index (κ1) is 13.4. The van der Waals surface area contributed by atoms with Crippen LogP contribution in [0.15, 0.2) is 24.3 Å². The topological polar surface area (TPSA) is 78.5 Å². The third kappa shape index (κ3) is 3.05. The van der Waals surface area contributed by atoms with Crippen LogP contribution in [0.2, 0.25) is 0 Å². The maximum atomic E-state index is 10.7. The zero-order valence-corrected chi connectivity index (χ0v) is 11.4. The molecule has 0 saturated carbocycles. The molecule has 0 fully saturated rings. The van der Waals surface area contributed by atoms with Gasteiger partial charge in [-0.15, -0.1) is 0 Å². The Morgan fingerprint density at radius 2 is 2.06 bits per heavy atom. The number of aromatic nitrogens is 1. The highest BCUT2D eigenvalue weighted by Crippen LogP contribution is 2.19. The fourth-order valence-electron chi connectivity index (χ4n) is 1.88. The molecule has 0 aliphatic rings. The van der Waals surface area contributed by atoms with Crippen LogP contribution in [0.4, 0.5) is 0 Å². The van der Waals surface area contributed by atoms with Crippen molar-refractivity contribution in [3.8, 4) is 0 Å². The molecule has 0 aliphatic carbocycles. The summed E-state index contributed by atoms with van der Waals surface area (Å²) in [7, 11) is -4.15. The second-order valence-corrected chi connectivity index (χ2v) is 6.83. The molecule has 0 radical (unpaired) electrons. The molecular weight excluding hydrogens is 274 g/mol. The van der Waals surface area contributed by atoms with E-state index in [1.54, 1.807) is 11.3 Å². The lowest BCUT2D eigenvalue weighted by Crippen LogP contribution is -2.43. The van der Waals surface area contributed by atoms with E-state index in [4.69, 9.17) is 4.55 Å². The molecule has 0 spiro atoms. The fraction of sp³-hybridized carbons (Fsp3) is 0.364. The van der Waals surface area contributed by atoms with Crippen molar-refractivity contribution >= 4 is 31.7 Å². The molecule has 0 amide bonds. The van der Waals surface area contributed by atoms with Crippen LogP contribution in [0.5, 0.6) is 0 Å². The molecular formula is C11H14NO4S2+. The summed E-state index contributed by atoms with van der Waals surface area (Å²) in [6, 6.07) is 7.70. The molecule has 1 aromatic carbocycles. The fourth-order valence-corrected chi connectivity index (χ4v) is 3.51. The SMILES string of the molecule is Cc1sc2ccccc2[n+]1CC(O)CS(=O)(=O)O. The van der Waals surface area contributed by atoms with Gasteiger partial charge in [0.1, 0.15) is 16.6 Å². The summed E-state index contributed by atoms with van der Waals surface area (Å²) in [6.07, 6.45) is -1.12. The van der Waals surface area contributed by atoms with Crippen molar-refractivity contribution in [1.82, 2.24) is 0 Å². The molecule has 2 N–H and O–H groups in total. The third-order valence-corrected chi connectivity index (χ3v) is 4.48. The Bertz CT molecular complexity index is 663. The summed E-state index contributed by atoms with van der Waals surface area (Å²) in [6.45, 7) is 2.06. The largest absolute Gasteiger partial charge is 0.385 e. The van der Waals surface area contributed by atoms with E-state index in [1.165, 1.54) is 0 Å². The minimum Gasteiger partial charge on any atom is -0.385 e. The van der Waals surface area contributed by atoms with Crippen molar-refractivity contribution in [2.24, 2.45) is 0 Å². The molecule has 0 bridgehead atoms. The van der Waals surface area contributed by atoms with Crippen LogP contribution in [0, 0.1) is 6.92 Å². The number of para-hydroxylation sites is 1. The normalized spacial score (nSPS) is 13.9. The van der Waals surface area contributed by atoms with Gasteiger partial charge >= 0.3 is 0 Å². The summed E-state index contributed by atoms with van der Waals surface area (Å²) in [5.74, 6) is -0.649. The molecule has 5 nitrogen and oxygen atoms in total. The smallest absolute Gasteiger partial charge is 0.267 e. The first-order valence-corrected chi connectivity index (χ1v) is 7.80. The van der Waals surface area contributed by atoms with Crippen LogP contribution in [-0.4, -0.2) is 29.9 Å². The predicted molar refractivity (Wildman–Crippen MR) is 69.2 cm³/mol. The number of hydrogen-bond donors (Lipinski definition) is 2. The summed E-state index contributed by atoms with van der Waals surface area (Å²) < 4.78 is 33.1. The number of fused-ring (bicyclic) bond motifs is 1. The van der Waals surface area contributed by atoms with Gasteiger partial charge in [-0.25, -0.2) is 0 Å². The Morgan fingerprint density at radius 1 is 1.39 bits per heavy atom. The second-order valence-electron chi connectivity index (χ2n) is 4.10. The van der Waals surface area contributed by atoms with Crippen molar-refractivity contribution in [2.75, 3.05) is 5.75 Å². The molecule has 1 atom stereocenters. The molecule has 7 heteroatoms. The number of benzene rings is 1. The number of thiazole rings is 1. The summed E-state index contributed by atoms with van der Waals surface area (Å²) >= 11 is 1.58. The Balaban J connectivity index is 2.29. The standard InChI is InChI=1S/C11H13NO4S2/c1-8-12(6-9(13)7-18(14,15)16)10-4-2-3-5-11(10)17-8/h2-5,9,13H,6-7H2,1H3/p+1. The molecule has 18 heavy (non-hydrogen) atoms. The van der Waals surface area contributed by atoms with E-state index >= 15 is 0 Å². The maximum Gasteiger partial charge on any atom is 0.267 e. The van der Waals surface area contributed by atoms with E-state index in [0.717, 1.165) is 15.2 Å². The average molecular weight is 288 g/mol. The molecule has 98 valence electrons. The lowest BCUT2D eigenvalue weighted by Gasteiger charge is -2.04. The predicted octanol–water partition coefficient (Wildman–Crippen LogP) is 0.746. The number of aliphatic hydroxyl groups excluding tert-OH is 1. The quantitative estimate of drug-likeness (QED) is 0.643. The number of rotatable bonds is 4. The lowest BCUT2D eigenvalue weighted by atomic mass is 10.3. The highest BCUT2D eigenvalue weighted by atomic mass is 32.2. The Labute approximate surface area is 109 Å². The van der Waals surface area contributed by atoms with Crippen molar-refractivity contribution in [1.29, 1.82) is 0 Å². The van der Waals surface area contributed by atoms with Crippen LogP contribution in [0.1, 0.15) is 5.01 Å². The zero-order valence-electron chi connectivity index (χ0n) is 9.78. The monoisotopic (exact) mass is 288 g/mol. The second kappa shape index (κ2) is 4.93. The zero-order chi connectivity index (χ0) is 13.3. The van der Waals surface area contributed by atoms with Gasteiger partial charge in [-0.3, -0.25) is 4.55 Å². The van der Waals surface area contributed by atoms with Crippen molar-refractivity contribution in [3.63, 3.8) is 0 Å². The van der Waals surface area contributed by atoms with Crippen molar-refractivity contribution in [3.05, 3.63) is 29.3 Å². The summed E-state index contributed by atoms with van der Waals surface area (Å²) in [5, 5.41) is 10.7. The van der Waals surface area contributed by atoms with Gasteiger partial charge in [0.05, 0.1) is 0 Å². The van der Waals surface area contributed by atoms with E-state index in [-0.39, 0.29) is 6.54 Å². The number of hydrogen-bond acceptors (Lipinski definition) is 4. The van der Waals surface area contributed by atoms with Gasteiger partial charge in [0.2, 0.25) is 10.5 Å². The average Bonchev–Trinajstić information content (AvgIpc) is 2.53. The van der Waals surface area contributed by atoms with Crippen LogP contribution < -0.4 is 4.57 Å². The van der Waals surface area contributed by atoms with Gasteiger partial charge in [-0.05, 0) is 6.07 Å². The Kier molecular flexibility index (Phi) is 3.67. The number of nitrogens with zero attached hydrogens (tertiary/aromatic N) is 1. The lowest BCUT2D eigenvalue weighted by molar-refractivity contribution is -0.679. The van der Waals surface area contributed by atoms with Crippen molar-refractivity contribution < 1.29 is 22.6 Å². The van der Waals surface area contributed by atoms with E-state index in [2.05, 4.69) is 0 Å². The van der Waals surface area contributed by atoms with Crippen molar-refractivity contribution in [2.45, 2.75) is 19.6 Å². The molecule has 1 unspecified atom stereocenters. The van der Waals surface area contributed by atoms with E-state index < -0.39 is 22.0 Å². The maximum absolute atomic E-state index is 10.7. The molecule has 0 saturated heterocycles. The molecule has 1 aromatic heterocycles. The van der Waals surface area contributed by atoms with Gasteiger partial charge in [0.15, 0.2) is 6.54 Å². The number of aliphatic hydroxyl groups is 1. The molecule has 1 heterocycles. The third-order valence-electron chi connectivity index (χ3n) is 2.59. The van der Waals surface area contributed by atoms with Crippen LogP contribution >= 0.6 is 11.3 Å². The van der Waals surface area contributed by atoms with Crippen LogP contribution in [-0.2, 0) is 16.7 Å². The van der Waals surface area contributed by atoms with E-state index in [0.29, 0.717) is 0 Å². The molecule has 2 aromatic rings. The highest BCUT2D eigenvalue weighted by Gasteiger charge is 2.23. The van der Waals surface area contributed by atoms with Gasteiger partial charge in [0.25, 0.3) is 10.1 Å². The Morgan fingerprint density at radius 3 is 2.72 bits per heavy atom. The molecule has 0 aliphatic heterocycles. The van der Waals surface area contributed by atoms with Gasteiger partial charge < -0.3 is 5.11 Å². The highest BCUT2D eigenvalue weighted by molar-refractivity contribution is 7.85. The Hall–Kier alpha value is -1.02.